The summed E-state index contributed by atoms with van der Waals surface area (Å²) in [5, 5.41) is 3.43. The first kappa shape index (κ1) is 12.0. The van der Waals surface area contributed by atoms with Crippen molar-refractivity contribution in [3.05, 3.63) is 42.2 Å². The summed E-state index contributed by atoms with van der Waals surface area (Å²) in [6, 6.07) is 8.61. The van der Waals surface area contributed by atoms with Gasteiger partial charge in [0.1, 0.15) is 5.75 Å². The zero-order valence-electron chi connectivity index (χ0n) is 11.1. The second kappa shape index (κ2) is 5.31. The van der Waals surface area contributed by atoms with Crippen LogP contribution >= 0.6 is 0 Å². The van der Waals surface area contributed by atoms with Crippen molar-refractivity contribution in [1.29, 1.82) is 0 Å². The van der Waals surface area contributed by atoms with Crippen LogP contribution in [0.3, 0.4) is 0 Å². The lowest BCUT2D eigenvalue weighted by atomic mass is 9.98. The molecule has 1 aliphatic heterocycles. The third-order valence-corrected chi connectivity index (χ3v) is 3.40. The maximum atomic E-state index is 5.51. The Hall–Kier alpha value is -2.03. The molecule has 0 saturated carbocycles. The molecular weight excluding hydrogens is 236 g/mol. The predicted octanol–water partition coefficient (Wildman–Crippen LogP) is 3.51. The molecule has 1 aliphatic rings. The lowest BCUT2D eigenvalue weighted by molar-refractivity contribution is 0.339. The number of aromatic nitrogens is 1. The smallest absolute Gasteiger partial charge is 0.138 e. The van der Waals surface area contributed by atoms with E-state index in [-0.39, 0.29) is 0 Å². The van der Waals surface area contributed by atoms with E-state index in [1.54, 1.807) is 6.20 Å². The van der Waals surface area contributed by atoms with Crippen LogP contribution in [0.15, 0.2) is 36.7 Å². The van der Waals surface area contributed by atoms with Gasteiger partial charge in [-0.3, -0.25) is 4.98 Å². The summed E-state index contributed by atoms with van der Waals surface area (Å²) < 4.78 is 5.51. The summed E-state index contributed by atoms with van der Waals surface area (Å²) in [6.07, 6.45) is 6.00. The van der Waals surface area contributed by atoms with Gasteiger partial charge in [-0.25, -0.2) is 0 Å². The van der Waals surface area contributed by atoms with Gasteiger partial charge in [-0.1, -0.05) is 6.07 Å². The molecule has 0 spiro atoms. The lowest BCUT2D eigenvalue weighted by Crippen LogP contribution is -2.11. The molecule has 3 nitrogen and oxygen atoms in total. The topological polar surface area (TPSA) is 34.1 Å². The molecule has 2 heterocycles. The number of benzene rings is 1. The second-order valence-electron chi connectivity index (χ2n) is 4.74. The van der Waals surface area contributed by atoms with Gasteiger partial charge < -0.3 is 10.1 Å². The number of hydrogen-bond acceptors (Lipinski definition) is 3. The van der Waals surface area contributed by atoms with Gasteiger partial charge in [-0.2, -0.15) is 0 Å². The van der Waals surface area contributed by atoms with Crippen LogP contribution < -0.4 is 10.1 Å². The fraction of sp³-hybridized carbons (Fsp3) is 0.312. The molecule has 0 amide bonds. The van der Waals surface area contributed by atoms with E-state index in [2.05, 4.69) is 34.6 Å². The summed E-state index contributed by atoms with van der Waals surface area (Å²) in [4.78, 5) is 4.25. The van der Waals surface area contributed by atoms with E-state index >= 15 is 0 Å². The van der Waals surface area contributed by atoms with E-state index in [4.69, 9.17) is 4.74 Å². The molecule has 0 fully saturated rings. The molecule has 0 unspecified atom stereocenters. The van der Waals surface area contributed by atoms with Crippen LogP contribution in [0.4, 0.5) is 5.69 Å². The van der Waals surface area contributed by atoms with Gasteiger partial charge in [0.15, 0.2) is 0 Å². The van der Waals surface area contributed by atoms with Crippen LogP contribution in [-0.4, -0.2) is 18.1 Å². The lowest BCUT2D eigenvalue weighted by Gasteiger charge is -2.18. The van der Waals surface area contributed by atoms with Crippen molar-refractivity contribution in [2.75, 3.05) is 18.5 Å². The standard InChI is InChI=1S/C16H18N2O/c1-2-19-15-9-14(10-17-11-15)12-5-6-16-13(8-12)4-3-7-18-16/h5-6,8-11,18H,2-4,7H2,1H3. The first-order valence-electron chi connectivity index (χ1n) is 6.82. The summed E-state index contributed by atoms with van der Waals surface area (Å²) in [5.41, 5.74) is 4.98. The van der Waals surface area contributed by atoms with Crippen LogP contribution in [0.25, 0.3) is 11.1 Å². The Bertz CT molecular complexity index is 581. The van der Waals surface area contributed by atoms with E-state index in [0.717, 1.165) is 24.3 Å². The minimum absolute atomic E-state index is 0.666. The van der Waals surface area contributed by atoms with Gasteiger partial charge in [-0.15, -0.1) is 0 Å². The van der Waals surface area contributed by atoms with Crippen LogP contribution in [0.5, 0.6) is 5.75 Å². The molecule has 2 aromatic rings. The Morgan fingerprint density at radius 2 is 2.16 bits per heavy atom. The highest BCUT2D eigenvalue weighted by molar-refractivity contribution is 5.69. The van der Waals surface area contributed by atoms with Gasteiger partial charge in [-0.05, 0) is 49.1 Å². The molecule has 0 bridgehead atoms. The van der Waals surface area contributed by atoms with Crippen LogP contribution in [0, 0.1) is 0 Å². The molecule has 3 rings (SSSR count). The average molecular weight is 254 g/mol. The van der Waals surface area contributed by atoms with Crippen LogP contribution in [0.1, 0.15) is 18.9 Å². The molecular formula is C16H18N2O. The third-order valence-electron chi connectivity index (χ3n) is 3.40. The van der Waals surface area contributed by atoms with Crippen molar-refractivity contribution in [3.8, 4) is 16.9 Å². The molecule has 0 aliphatic carbocycles. The van der Waals surface area contributed by atoms with Crippen molar-refractivity contribution in [1.82, 2.24) is 4.98 Å². The molecule has 1 N–H and O–H groups in total. The van der Waals surface area contributed by atoms with Crippen molar-refractivity contribution in [3.63, 3.8) is 0 Å². The van der Waals surface area contributed by atoms with Gasteiger partial charge >= 0.3 is 0 Å². The highest BCUT2D eigenvalue weighted by Gasteiger charge is 2.10. The fourth-order valence-corrected chi connectivity index (χ4v) is 2.48. The number of pyridine rings is 1. The minimum Gasteiger partial charge on any atom is -0.492 e. The van der Waals surface area contributed by atoms with E-state index in [1.807, 2.05) is 13.1 Å². The van der Waals surface area contributed by atoms with Crippen LogP contribution in [-0.2, 0) is 6.42 Å². The number of nitrogens with one attached hydrogen (secondary N) is 1. The van der Waals surface area contributed by atoms with Crippen molar-refractivity contribution in [2.24, 2.45) is 0 Å². The monoisotopic (exact) mass is 254 g/mol. The highest BCUT2D eigenvalue weighted by Crippen LogP contribution is 2.29. The quantitative estimate of drug-likeness (QED) is 0.910. The fourth-order valence-electron chi connectivity index (χ4n) is 2.48. The summed E-state index contributed by atoms with van der Waals surface area (Å²) in [6.45, 7) is 3.73. The number of fused-ring (bicyclic) bond motifs is 1. The molecule has 0 radical (unpaired) electrons. The first-order chi connectivity index (χ1) is 9.36. The predicted molar refractivity (Wildman–Crippen MR) is 77.7 cm³/mol. The van der Waals surface area contributed by atoms with Crippen LogP contribution in [0.2, 0.25) is 0 Å². The number of hydrogen-bond donors (Lipinski definition) is 1. The number of nitrogens with zero attached hydrogens (tertiary/aromatic N) is 1. The Morgan fingerprint density at radius 3 is 3.05 bits per heavy atom. The van der Waals surface area contributed by atoms with Gasteiger partial charge in [0.05, 0.1) is 12.8 Å². The van der Waals surface area contributed by atoms with Gasteiger partial charge in [0.25, 0.3) is 0 Å². The largest absolute Gasteiger partial charge is 0.492 e. The zero-order chi connectivity index (χ0) is 13.1. The van der Waals surface area contributed by atoms with Gasteiger partial charge in [0, 0.05) is 24.0 Å². The van der Waals surface area contributed by atoms with Gasteiger partial charge in [0.2, 0.25) is 0 Å². The second-order valence-corrected chi connectivity index (χ2v) is 4.74. The molecule has 19 heavy (non-hydrogen) atoms. The molecule has 3 heteroatoms. The molecule has 98 valence electrons. The Kier molecular flexibility index (Phi) is 3.36. The average Bonchev–Trinajstić information content (AvgIpc) is 2.47. The van der Waals surface area contributed by atoms with Crippen molar-refractivity contribution >= 4 is 5.69 Å². The minimum atomic E-state index is 0.666. The summed E-state index contributed by atoms with van der Waals surface area (Å²) >= 11 is 0. The Balaban J connectivity index is 1.95. The van der Waals surface area contributed by atoms with E-state index in [1.165, 1.54) is 23.2 Å². The number of aryl methyl sites for hydroxylation is 1. The SMILES string of the molecule is CCOc1cncc(-c2ccc3c(c2)CCCN3)c1. The Morgan fingerprint density at radius 1 is 1.21 bits per heavy atom. The van der Waals surface area contributed by atoms with E-state index in [9.17, 15) is 0 Å². The number of anilines is 1. The molecule has 0 saturated heterocycles. The number of rotatable bonds is 3. The molecule has 1 aromatic heterocycles. The van der Waals surface area contributed by atoms with E-state index < -0.39 is 0 Å². The molecule has 1 aromatic carbocycles. The van der Waals surface area contributed by atoms with Crippen molar-refractivity contribution < 1.29 is 4.74 Å². The molecule has 0 atom stereocenters. The number of ether oxygens (including phenoxy) is 1. The third kappa shape index (κ3) is 2.55. The summed E-state index contributed by atoms with van der Waals surface area (Å²) in [7, 11) is 0. The summed E-state index contributed by atoms with van der Waals surface area (Å²) in [5.74, 6) is 0.829. The zero-order valence-corrected chi connectivity index (χ0v) is 11.1. The maximum Gasteiger partial charge on any atom is 0.138 e. The Labute approximate surface area is 113 Å². The first-order valence-corrected chi connectivity index (χ1v) is 6.82. The normalized spacial score (nSPS) is 13.5. The van der Waals surface area contributed by atoms with Crippen molar-refractivity contribution in [2.45, 2.75) is 19.8 Å². The van der Waals surface area contributed by atoms with E-state index in [0.29, 0.717) is 6.61 Å². The highest BCUT2D eigenvalue weighted by atomic mass is 16.5. The maximum absolute atomic E-state index is 5.51.